The number of nitrogens with zero attached hydrogens (tertiary/aromatic N) is 3. The van der Waals surface area contributed by atoms with E-state index in [1.165, 1.54) is 13.3 Å². The van der Waals surface area contributed by atoms with Crippen LogP contribution in [0.25, 0.3) is 0 Å². The summed E-state index contributed by atoms with van der Waals surface area (Å²) in [5.41, 5.74) is 1.53. The summed E-state index contributed by atoms with van der Waals surface area (Å²) in [5.74, 6) is 0.496. The SMILES string of the molecule is C=CC(=O)Nc1cc(Cl)ccc1Nc1nc(Nc2cc(Cl)nc(OC)c2)ncc1Cl. The molecule has 0 saturated heterocycles. The van der Waals surface area contributed by atoms with Crippen molar-refractivity contribution in [3.63, 3.8) is 0 Å². The fraction of sp³-hybridized carbons (Fsp3) is 0.0526. The fourth-order valence-electron chi connectivity index (χ4n) is 2.33. The van der Waals surface area contributed by atoms with Crippen LogP contribution in [-0.2, 0) is 4.79 Å². The zero-order valence-electron chi connectivity index (χ0n) is 15.5. The number of pyridine rings is 1. The van der Waals surface area contributed by atoms with Crippen LogP contribution >= 0.6 is 34.8 Å². The summed E-state index contributed by atoms with van der Waals surface area (Å²) >= 11 is 18.3. The normalized spacial score (nSPS) is 10.3. The van der Waals surface area contributed by atoms with Gasteiger partial charge in [0.25, 0.3) is 0 Å². The minimum atomic E-state index is -0.389. The highest BCUT2D eigenvalue weighted by molar-refractivity contribution is 6.33. The van der Waals surface area contributed by atoms with E-state index in [4.69, 9.17) is 39.5 Å². The lowest BCUT2D eigenvalue weighted by Crippen LogP contribution is -2.10. The molecule has 8 nitrogen and oxygen atoms in total. The molecule has 2 heterocycles. The first-order valence-corrected chi connectivity index (χ1v) is 9.52. The van der Waals surface area contributed by atoms with Crippen LogP contribution in [-0.4, -0.2) is 28.0 Å². The van der Waals surface area contributed by atoms with Crippen molar-refractivity contribution in [2.75, 3.05) is 23.1 Å². The molecule has 11 heteroatoms. The standard InChI is InChI=1S/C19H15Cl3N6O2/c1-3-16(29)25-14-6-10(20)4-5-13(14)26-18-12(21)9-23-19(28-18)24-11-7-15(22)27-17(8-11)30-2/h3-9H,1H2,2H3,(H,25,29)(H2,23,24,26,27,28). The van der Waals surface area contributed by atoms with Crippen LogP contribution in [0.15, 0.2) is 49.2 Å². The van der Waals surface area contributed by atoms with Crippen LogP contribution in [0.2, 0.25) is 15.2 Å². The van der Waals surface area contributed by atoms with E-state index in [1.54, 1.807) is 30.3 Å². The third-order valence-electron chi connectivity index (χ3n) is 3.66. The number of aromatic nitrogens is 3. The lowest BCUT2D eigenvalue weighted by atomic mass is 10.2. The molecule has 0 fully saturated rings. The zero-order chi connectivity index (χ0) is 21.7. The molecular formula is C19H15Cl3N6O2. The Morgan fingerprint density at radius 2 is 1.90 bits per heavy atom. The molecule has 3 rings (SSSR count). The van der Waals surface area contributed by atoms with E-state index < -0.39 is 0 Å². The van der Waals surface area contributed by atoms with Gasteiger partial charge in [-0.3, -0.25) is 4.79 Å². The quantitative estimate of drug-likeness (QED) is 0.315. The fourth-order valence-corrected chi connectivity index (χ4v) is 2.85. The van der Waals surface area contributed by atoms with Gasteiger partial charge < -0.3 is 20.7 Å². The average Bonchev–Trinajstić information content (AvgIpc) is 2.71. The van der Waals surface area contributed by atoms with E-state index >= 15 is 0 Å². The number of carbonyl (C=O) groups is 1. The number of ether oxygens (including phenoxy) is 1. The van der Waals surface area contributed by atoms with E-state index in [0.717, 1.165) is 6.08 Å². The molecule has 0 bridgehead atoms. The third-order valence-corrected chi connectivity index (χ3v) is 4.36. The minimum absolute atomic E-state index is 0.243. The molecule has 0 unspecified atom stereocenters. The Morgan fingerprint density at radius 1 is 1.10 bits per heavy atom. The smallest absolute Gasteiger partial charge is 0.247 e. The first-order valence-electron chi connectivity index (χ1n) is 8.39. The van der Waals surface area contributed by atoms with Crippen LogP contribution in [0.4, 0.5) is 28.8 Å². The molecule has 0 aliphatic carbocycles. The highest BCUT2D eigenvalue weighted by Crippen LogP contribution is 2.31. The molecule has 0 aliphatic rings. The van der Waals surface area contributed by atoms with Gasteiger partial charge in [-0.25, -0.2) is 9.97 Å². The van der Waals surface area contributed by atoms with Gasteiger partial charge in [-0.1, -0.05) is 41.4 Å². The lowest BCUT2D eigenvalue weighted by Gasteiger charge is -2.14. The maximum Gasteiger partial charge on any atom is 0.247 e. The third kappa shape index (κ3) is 5.50. The van der Waals surface area contributed by atoms with Gasteiger partial charge in [0.05, 0.1) is 24.7 Å². The van der Waals surface area contributed by atoms with Crippen LogP contribution in [0.1, 0.15) is 0 Å². The average molecular weight is 466 g/mol. The van der Waals surface area contributed by atoms with Crippen molar-refractivity contribution < 1.29 is 9.53 Å². The van der Waals surface area contributed by atoms with E-state index in [0.29, 0.717) is 33.8 Å². The van der Waals surface area contributed by atoms with Crippen molar-refractivity contribution in [3.05, 3.63) is 64.4 Å². The van der Waals surface area contributed by atoms with Gasteiger partial charge in [0.2, 0.25) is 17.7 Å². The van der Waals surface area contributed by atoms with Crippen molar-refractivity contribution >= 4 is 69.5 Å². The molecule has 0 radical (unpaired) electrons. The summed E-state index contributed by atoms with van der Waals surface area (Å²) in [5, 5.41) is 9.70. The number of methoxy groups -OCH3 is 1. The Balaban J connectivity index is 1.89. The van der Waals surface area contributed by atoms with Gasteiger partial charge in [0.1, 0.15) is 10.2 Å². The molecule has 1 amide bonds. The second-order valence-corrected chi connectivity index (χ2v) is 6.98. The van der Waals surface area contributed by atoms with Gasteiger partial charge in [0.15, 0.2) is 5.82 Å². The van der Waals surface area contributed by atoms with E-state index in [2.05, 4.69) is 37.5 Å². The topological polar surface area (TPSA) is 101 Å². The Morgan fingerprint density at radius 3 is 2.63 bits per heavy atom. The molecule has 2 aromatic heterocycles. The number of amides is 1. The van der Waals surface area contributed by atoms with Gasteiger partial charge in [-0.05, 0) is 30.3 Å². The summed E-state index contributed by atoms with van der Waals surface area (Å²) in [6, 6.07) is 8.16. The Hall–Kier alpha value is -3.07. The summed E-state index contributed by atoms with van der Waals surface area (Å²) in [7, 11) is 1.48. The molecule has 0 saturated carbocycles. The van der Waals surface area contributed by atoms with Crippen LogP contribution in [0.5, 0.6) is 5.88 Å². The summed E-state index contributed by atoms with van der Waals surface area (Å²) < 4.78 is 5.10. The highest BCUT2D eigenvalue weighted by atomic mass is 35.5. The molecule has 1 aromatic carbocycles. The molecule has 0 atom stereocenters. The number of hydrogen-bond acceptors (Lipinski definition) is 7. The van der Waals surface area contributed by atoms with Crippen molar-refractivity contribution in [3.8, 4) is 5.88 Å². The molecule has 30 heavy (non-hydrogen) atoms. The van der Waals surface area contributed by atoms with E-state index in [-0.39, 0.29) is 22.0 Å². The summed E-state index contributed by atoms with van der Waals surface area (Å²) in [4.78, 5) is 24.3. The minimum Gasteiger partial charge on any atom is -0.481 e. The molecule has 0 spiro atoms. The van der Waals surface area contributed by atoms with Gasteiger partial charge in [-0.15, -0.1) is 0 Å². The predicted octanol–water partition coefficient (Wildman–Crippen LogP) is 5.45. The summed E-state index contributed by atoms with van der Waals surface area (Å²) in [6.45, 7) is 3.44. The Labute approximate surface area is 187 Å². The first kappa shape index (κ1) is 21.6. The number of nitrogens with one attached hydrogen (secondary N) is 3. The maximum atomic E-state index is 11.7. The van der Waals surface area contributed by atoms with Crippen LogP contribution in [0.3, 0.4) is 0 Å². The Kier molecular flexibility index (Phi) is 6.94. The van der Waals surface area contributed by atoms with Gasteiger partial charge >= 0.3 is 0 Å². The van der Waals surface area contributed by atoms with Gasteiger partial charge in [-0.2, -0.15) is 4.98 Å². The van der Waals surface area contributed by atoms with E-state index in [1.807, 2.05) is 0 Å². The Bertz CT molecular complexity index is 1110. The molecular weight excluding hydrogens is 451 g/mol. The highest BCUT2D eigenvalue weighted by Gasteiger charge is 2.12. The second-order valence-electron chi connectivity index (χ2n) is 5.74. The molecule has 0 aliphatic heterocycles. The van der Waals surface area contributed by atoms with Crippen LogP contribution in [0, 0.1) is 0 Å². The predicted molar refractivity (Wildman–Crippen MR) is 120 cm³/mol. The number of carbonyl (C=O) groups excluding carboxylic acids is 1. The number of anilines is 5. The van der Waals surface area contributed by atoms with E-state index in [9.17, 15) is 4.79 Å². The van der Waals surface area contributed by atoms with Crippen molar-refractivity contribution in [2.45, 2.75) is 0 Å². The molecule has 154 valence electrons. The number of benzene rings is 1. The maximum absolute atomic E-state index is 11.7. The van der Waals surface area contributed by atoms with Crippen molar-refractivity contribution in [1.82, 2.24) is 15.0 Å². The zero-order valence-corrected chi connectivity index (χ0v) is 17.8. The first-order chi connectivity index (χ1) is 14.4. The number of halogens is 3. The molecule has 3 aromatic rings. The summed E-state index contributed by atoms with van der Waals surface area (Å²) in [6.07, 6.45) is 2.58. The lowest BCUT2D eigenvalue weighted by molar-refractivity contribution is -0.111. The van der Waals surface area contributed by atoms with Crippen LogP contribution < -0.4 is 20.7 Å². The van der Waals surface area contributed by atoms with Crippen molar-refractivity contribution in [2.24, 2.45) is 0 Å². The van der Waals surface area contributed by atoms with Crippen molar-refractivity contribution in [1.29, 1.82) is 0 Å². The largest absolute Gasteiger partial charge is 0.481 e. The van der Waals surface area contributed by atoms with Gasteiger partial charge in [0, 0.05) is 16.8 Å². The monoisotopic (exact) mass is 464 g/mol. The number of rotatable bonds is 7. The second kappa shape index (κ2) is 9.62. The molecule has 3 N–H and O–H groups in total. The number of hydrogen-bond donors (Lipinski definition) is 3.